The molecule has 0 spiro atoms. The van der Waals surface area contributed by atoms with Crippen molar-refractivity contribution >= 4 is 49.2 Å². The Labute approximate surface area is 140 Å². The highest BCUT2D eigenvalue weighted by Gasteiger charge is 2.22. The minimum atomic E-state index is -4.02. The van der Waals surface area contributed by atoms with Gasteiger partial charge in [0.15, 0.2) is 11.6 Å². The number of aromatic nitrogens is 3. The van der Waals surface area contributed by atoms with E-state index in [2.05, 4.69) is 19.7 Å². The number of hydrogen-bond donors (Lipinski definition) is 3. The summed E-state index contributed by atoms with van der Waals surface area (Å²) in [5.74, 6) is -1.26. The zero-order valence-corrected chi connectivity index (χ0v) is 13.5. The van der Waals surface area contributed by atoms with Crippen molar-refractivity contribution in [1.29, 1.82) is 0 Å². The number of pyridine rings is 1. The van der Waals surface area contributed by atoms with Crippen LogP contribution in [0.5, 0.6) is 0 Å². The van der Waals surface area contributed by atoms with E-state index in [1.165, 1.54) is 12.4 Å². The number of sulfonamides is 1. The summed E-state index contributed by atoms with van der Waals surface area (Å²) in [6, 6.07) is 6.38. The van der Waals surface area contributed by atoms with Gasteiger partial charge in [0.05, 0.1) is 16.1 Å². The molecule has 0 bridgehead atoms. The number of hydrogen-bond acceptors (Lipinski definition) is 3. The molecule has 3 N–H and O–H groups in total. The van der Waals surface area contributed by atoms with Gasteiger partial charge >= 0.3 is 0 Å². The molecule has 4 rings (SSSR count). The number of fused-ring (bicyclic) bond motifs is 3. The predicted octanol–water partition coefficient (Wildman–Crippen LogP) is 3.64. The Bertz CT molecular complexity index is 1180. The lowest BCUT2D eigenvalue weighted by molar-refractivity contribution is 0.598. The second-order valence-electron chi connectivity index (χ2n) is 5.17. The fourth-order valence-electron chi connectivity index (χ4n) is 2.59. The summed E-state index contributed by atoms with van der Waals surface area (Å²) in [5.41, 5.74) is 1.45. The maximum atomic E-state index is 13.8. The highest BCUT2D eigenvalue weighted by Crippen LogP contribution is 2.30. The summed E-state index contributed by atoms with van der Waals surface area (Å²) in [5, 5.41) is 1.52. The van der Waals surface area contributed by atoms with Crippen molar-refractivity contribution in [1.82, 2.24) is 15.0 Å². The average molecular weight is 365 g/mol. The van der Waals surface area contributed by atoms with Crippen molar-refractivity contribution in [3.05, 3.63) is 53.7 Å². The summed E-state index contributed by atoms with van der Waals surface area (Å²) in [7, 11) is -4.02. The van der Waals surface area contributed by atoms with Gasteiger partial charge in [-0.1, -0.05) is 23.7 Å². The molecule has 9 heteroatoms. The molecule has 6 nitrogen and oxygen atoms in total. The summed E-state index contributed by atoms with van der Waals surface area (Å²) < 4.78 is 41.2. The zero-order chi connectivity index (χ0) is 16.9. The average Bonchev–Trinajstić information content (AvgIpc) is 3.15. The first kappa shape index (κ1) is 15.0. The van der Waals surface area contributed by atoms with Crippen LogP contribution >= 0.6 is 11.6 Å². The molecule has 0 aliphatic rings. The first-order valence-electron chi connectivity index (χ1n) is 6.87. The molecule has 0 saturated carbocycles. The molecule has 24 heavy (non-hydrogen) atoms. The van der Waals surface area contributed by atoms with E-state index in [0.29, 0.717) is 10.9 Å². The van der Waals surface area contributed by atoms with E-state index in [1.807, 2.05) is 12.1 Å². The van der Waals surface area contributed by atoms with E-state index in [9.17, 15) is 12.8 Å². The van der Waals surface area contributed by atoms with E-state index < -0.39 is 21.7 Å². The van der Waals surface area contributed by atoms with E-state index in [4.69, 9.17) is 11.6 Å². The van der Waals surface area contributed by atoms with Gasteiger partial charge in [0, 0.05) is 29.4 Å². The molecule has 0 aliphatic heterocycles. The number of nitrogens with one attached hydrogen (secondary N) is 3. The largest absolute Gasteiger partial charge is 0.359 e. The number of nitrogens with zero attached hydrogens (tertiary/aromatic N) is 1. The van der Waals surface area contributed by atoms with Gasteiger partial charge in [0.25, 0.3) is 10.0 Å². The fraction of sp³-hybridized carbons (Fsp3) is 0. The number of halogens is 2. The van der Waals surface area contributed by atoms with Gasteiger partial charge in [0.2, 0.25) is 0 Å². The van der Waals surface area contributed by atoms with Gasteiger partial charge in [-0.3, -0.25) is 4.72 Å². The van der Waals surface area contributed by atoms with Gasteiger partial charge in [-0.15, -0.1) is 0 Å². The molecular weight excluding hydrogens is 355 g/mol. The molecule has 122 valence electrons. The second kappa shape index (κ2) is 5.22. The first-order chi connectivity index (χ1) is 11.5. The van der Waals surface area contributed by atoms with Crippen LogP contribution in [0.15, 0.2) is 47.8 Å². The molecule has 0 fully saturated rings. The summed E-state index contributed by atoms with van der Waals surface area (Å²) >= 11 is 5.62. The zero-order valence-electron chi connectivity index (χ0n) is 12.0. The molecule has 4 aromatic rings. The lowest BCUT2D eigenvalue weighted by atomic mass is 10.2. The van der Waals surface area contributed by atoms with Crippen LogP contribution in [0.1, 0.15) is 0 Å². The lowest BCUT2D eigenvalue weighted by Crippen LogP contribution is -2.14. The topological polar surface area (TPSA) is 90.6 Å². The van der Waals surface area contributed by atoms with Crippen LogP contribution in [0.3, 0.4) is 0 Å². The molecule has 0 aliphatic carbocycles. The number of benzene rings is 1. The Morgan fingerprint density at radius 3 is 2.79 bits per heavy atom. The van der Waals surface area contributed by atoms with Crippen LogP contribution in [0.25, 0.3) is 21.8 Å². The summed E-state index contributed by atoms with van der Waals surface area (Å²) in [4.78, 5) is 9.69. The Balaban J connectivity index is 1.83. The highest BCUT2D eigenvalue weighted by atomic mass is 35.5. The number of aromatic amines is 2. The third-order valence-electron chi connectivity index (χ3n) is 3.67. The fourth-order valence-corrected chi connectivity index (χ4v) is 3.93. The maximum absolute atomic E-state index is 13.8. The standard InChI is InChI=1S/C15H10ClFN4O2S/c16-9-5-11(17)15(20-6-9)21-24(22,23)12-7-19-14-10(12)2-1-8-3-4-18-13(8)14/h1-7,18-19H,(H,20,21). The number of H-pyrrole nitrogens is 2. The van der Waals surface area contributed by atoms with Crippen LogP contribution in [-0.2, 0) is 10.0 Å². The van der Waals surface area contributed by atoms with E-state index in [1.54, 1.807) is 12.3 Å². The Hall–Kier alpha value is -2.58. The Morgan fingerprint density at radius 2 is 2.00 bits per heavy atom. The second-order valence-corrected chi connectivity index (χ2v) is 7.26. The lowest BCUT2D eigenvalue weighted by Gasteiger charge is -2.07. The van der Waals surface area contributed by atoms with Gasteiger partial charge in [-0.2, -0.15) is 0 Å². The Kier molecular flexibility index (Phi) is 3.26. The van der Waals surface area contributed by atoms with Crippen molar-refractivity contribution in [3.63, 3.8) is 0 Å². The van der Waals surface area contributed by atoms with Crippen molar-refractivity contribution in [2.24, 2.45) is 0 Å². The smallest absolute Gasteiger partial charge is 0.265 e. The minimum Gasteiger partial charge on any atom is -0.359 e. The third-order valence-corrected chi connectivity index (χ3v) is 5.26. The summed E-state index contributed by atoms with van der Waals surface area (Å²) in [6.45, 7) is 0. The molecule has 0 saturated heterocycles. The number of rotatable bonds is 3. The van der Waals surface area contributed by atoms with Gasteiger partial charge in [-0.05, 0) is 12.1 Å². The minimum absolute atomic E-state index is 0.00477. The van der Waals surface area contributed by atoms with Crippen molar-refractivity contribution < 1.29 is 12.8 Å². The normalized spacial score (nSPS) is 12.1. The van der Waals surface area contributed by atoms with Crippen LogP contribution in [0, 0.1) is 5.82 Å². The molecule has 3 aromatic heterocycles. The molecule has 0 radical (unpaired) electrons. The predicted molar refractivity (Wildman–Crippen MR) is 90.2 cm³/mol. The van der Waals surface area contributed by atoms with Crippen LogP contribution in [-0.4, -0.2) is 23.4 Å². The van der Waals surface area contributed by atoms with Gasteiger partial charge in [0.1, 0.15) is 4.90 Å². The SMILES string of the molecule is O=S(=O)(Nc1ncc(Cl)cc1F)c1c[nH]c2c1ccc1cc[nH]c12. The van der Waals surface area contributed by atoms with Crippen LogP contribution < -0.4 is 4.72 Å². The van der Waals surface area contributed by atoms with Crippen molar-refractivity contribution in [3.8, 4) is 0 Å². The first-order valence-corrected chi connectivity index (χ1v) is 8.73. The van der Waals surface area contributed by atoms with Crippen LogP contribution in [0.4, 0.5) is 10.2 Å². The number of anilines is 1. The molecule has 1 aromatic carbocycles. The third kappa shape index (κ3) is 2.31. The highest BCUT2D eigenvalue weighted by molar-refractivity contribution is 7.93. The van der Waals surface area contributed by atoms with Crippen molar-refractivity contribution in [2.75, 3.05) is 4.72 Å². The Morgan fingerprint density at radius 1 is 1.17 bits per heavy atom. The van der Waals surface area contributed by atoms with Crippen LogP contribution in [0.2, 0.25) is 5.02 Å². The monoisotopic (exact) mass is 364 g/mol. The molecular formula is C15H10ClFN4O2S. The van der Waals surface area contributed by atoms with E-state index in [-0.39, 0.29) is 9.92 Å². The van der Waals surface area contributed by atoms with Gasteiger partial charge < -0.3 is 9.97 Å². The molecule has 0 amide bonds. The maximum Gasteiger partial charge on any atom is 0.265 e. The van der Waals surface area contributed by atoms with E-state index >= 15 is 0 Å². The quantitative estimate of drug-likeness (QED) is 0.518. The van der Waals surface area contributed by atoms with E-state index in [0.717, 1.165) is 17.0 Å². The van der Waals surface area contributed by atoms with Gasteiger partial charge in [-0.25, -0.2) is 17.8 Å². The van der Waals surface area contributed by atoms with Crippen molar-refractivity contribution in [2.45, 2.75) is 4.90 Å². The molecule has 3 heterocycles. The molecule has 0 unspecified atom stereocenters. The summed E-state index contributed by atoms with van der Waals surface area (Å²) in [6.07, 6.45) is 4.30. The molecule has 0 atom stereocenters.